The van der Waals surface area contributed by atoms with Crippen molar-refractivity contribution in [3.05, 3.63) is 89.0 Å². The summed E-state index contributed by atoms with van der Waals surface area (Å²) in [4.78, 5) is 15.3. The lowest BCUT2D eigenvalue weighted by Crippen LogP contribution is -2.23. The molecule has 2 N–H and O–H groups in total. The zero-order valence-electron chi connectivity index (χ0n) is 19.0. The highest BCUT2D eigenvalue weighted by Crippen LogP contribution is 2.23. The van der Waals surface area contributed by atoms with Gasteiger partial charge in [0, 0.05) is 30.9 Å². The van der Waals surface area contributed by atoms with Crippen LogP contribution in [0.5, 0.6) is 0 Å². The predicted molar refractivity (Wildman–Crippen MR) is 132 cm³/mol. The van der Waals surface area contributed by atoms with Gasteiger partial charge in [0.2, 0.25) is 0 Å². The molecule has 1 heterocycles. The first kappa shape index (κ1) is 22.9. The molecule has 0 unspecified atom stereocenters. The van der Waals surface area contributed by atoms with Crippen molar-refractivity contribution in [3.63, 3.8) is 0 Å². The third-order valence-electron chi connectivity index (χ3n) is 5.94. The van der Waals surface area contributed by atoms with Crippen LogP contribution >= 0.6 is 0 Å². The highest BCUT2D eigenvalue weighted by Gasteiger charge is 2.17. The zero-order valence-corrected chi connectivity index (χ0v) is 19.8. The van der Waals surface area contributed by atoms with E-state index in [2.05, 4.69) is 27.1 Å². The Morgan fingerprint density at radius 3 is 2.24 bits per heavy atom. The molecule has 6 nitrogen and oxygen atoms in total. The molecular weight excluding hydrogens is 434 g/mol. The van der Waals surface area contributed by atoms with Crippen molar-refractivity contribution in [2.24, 2.45) is 0 Å². The van der Waals surface area contributed by atoms with E-state index in [1.165, 1.54) is 18.5 Å². The summed E-state index contributed by atoms with van der Waals surface area (Å²) in [6.45, 7) is 6.30. The van der Waals surface area contributed by atoms with Crippen LogP contribution < -0.4 is 14.9 Å². The fraction of sp³-hybridized carbons (Fsp3) is 0.269. The summed E-state index contributed by atoms with van der Waals surface area (Å²) in [5.41, 5.74) is 4.73. The fourth-order valence-corrected chi connectivity index (χ4v) is 5.00. The largest absolute Gasteiger partial charge is 0.372 e. The van der Waals surface area contributed by atoms with Crippen molar-refractivity contribution in [2.45, 2.75) is 38.1 Å². The number of nitrogens with zero attached hydrogens (tertiary/aromatic N) is 1. The Bertz CT molecular complexity index is 1230. The van der Waals surface area contributed by atoms with E-state index >= 15 is 0 Å². The minimum absolute atomic E-state index is 0.180. The van der Waals surface area contributed by atoms with Gasteiger partial charge in [0.25, 0.3) is 15.9 Å². The lowest BCUT2D eigenvalue weighted by Gasteiger charge is -2.17. The van der Waals surface area contributed by atoms with Gasteiger partial charge in [-0.3, -0.25) is 9.52 Å². The molecule has 1 saturated heterocycles. The predicted octanol–water partition coefficient (Wildman–Crippen LogP) is 4.63. The van der Waals surface area contributed by atoms with E-state index in [1.54, 1.807) is 49.4 Å². The molecule has 0 aromatic heterocycles. The van der Waals surface area contributed by atoms with Crippen molar-refractivity contribution < 1.29 is 13.2 Å². The lowest BCUT2D eigenvalue weighted by atomic mass is 10.1. The number of carbonyl (C=O) groups excluding carboxylic acids is 1. The summed E-state index contributed by atoms with van der Waals surface area (Å²) in [6, 6.07) is 19.9. The van der Waals surface area contributed by atoms with Crippen LogP contribution in [0.4, 0.5) is 11.4 Å². The number of rotatable bonds is 7. The molecule has 0 aliphatic carbocycles. The van der Waals surface area contributed by atoms with E-state index in [4.69, 9.17) is 0 Å². The number of anilines is 2. The molecule has 0 radical (unpaired) electrons. The van der Waals surface area contributed by atoms with Gasteiger partial charge in [-0.1, -0.05) is 35.9 Å². The summed E-state index contributed by atoms with van der Waals surface area (Å²) in [5, 5.41) is 2.92. The van der Waals surface area contributed by atoms with Crippen molar-refractivity contribution >= 4 is 27.3 Å². The summed E-state index contributed by atoms with van der Waals surface area (Å²) in [7, 11) is -3.75. The second-order valence-corrected chi connectivity index (χ2v) is 10.2. The molecule has 0 spiro atoms. The average molecular weight is 464 g/mol. The maximum atomic E-state index is 12.8. The van der Waals surface area contributed by atoms with Gasteiger partial charge < -0.3 is 10.2 Å². The number of hydrogen-bond donors (Lipinski definition) is 2. The first-order valence-corrected chi connectivity index (χ1v) is 12.6. The number of nitrogens with one attached hydrogen (secondary N) is 2. The Hall–Kier alpha value is -3.32. The molecule has 1 aliphatic heterocycles. The van der Waals surface area contributed by atoms with Crippen LogP contribution in [0.25, 0.3) is 0 Å². The van der Waals surface area contributed by atoms with Gasteiger partial charge in [0.05, 0.1) is 10.6 Å². The van der Waals surface area contributed by atoms with Crippen molar-refractivity contribution in [1.29, 1.82) is 0 Å². The maximum absolute atomic E-state index is 12.8. The van der Waals surface area contributed by atoms with Crippen LogP contribution in [0.3, 0.4) is 0 Å². The van der Waals surface area contributed by atoms with Gasteiger partial charge in [0.1, 0.15) is 0 Å². The molecule has 4 rings (SSSR count). The normalized spacial score (nSPS) is 13.7. The van der Waals surface area contributed by atoms with E-state index < -0.39 is 10.0 Å². The Morgan fingerprint density at radius 1 is 0.909 bits per heavy atom. The first-order chi connectivity index (χ1) is 15.8. The number of hydrogen-bond acceptors (Lipinski definition) is 4. The highest BCUT2D eigenvalue weighted by molar-refractivity contribution is 7.92. The Kier molecular flexibility index (Phi) is 6.70. The second-order valence-electron chi connectivity index (χ2n) is 8.49. The number of aryl methyl sites for hydroxylation is 2. The summed E-state index contributed by atoms with van der Waals surface area (Å²) >= 11 is 0. The number of carbonyl (C=O) groups is 1. The van der Waals surface area contributed by atoms with Gasteiger partial charge >= 0.3 is 0 Å². The van der Waals surface area contributed by atoms with Crippen LogP contribution in [0.15, 0.2) is 71.6 Å². The van der Waals surface area contributed by atoms with Crippen molar-refractivity contribution in [3.8, 4) is 0 Å². The molecule has 3 aromatic carbocycles. The summed E-state index contributed by atoms with van der Waals surface area (Å²) in [6.07, 6.45) is 2.47. The van der Waals surface area contributed by atoms with Crippen LogP contribution in [0.1, 0.15) is 39.9 Å². The molecule has 33 heavy (non-hydrogen) atoms. The molecule has 172 valence electrons. The second kappa shape index (κ2) is 9.67. The highest BCUT2D eigenvalue weighted by atomic mass is 32.2. The molecule has 3 aromatic rings. The third-order valence-corrected chi connectivity index (χ3v) is 7.32. The lowest BCUT2D eigenvalue weighted by molar-refractivity contribution is 0.0951. The molecule has 1 amide bonds. The smallest absolute Gasteiger partial charge is 0.261 e. The summed E-state index contributed by atoms with van der Waals surface area (Å²) < 4.78 is 28.1. The monoisotopic (exact) mass is 463 g/mol. The minimum atomic E-state index is -3.75. The van der Waals surface area contributed by atoms with Gasteiger partial charge in [-0.05, 0) is 74.2 Å². The minimum Gasteiger partial charge on any atom is -0.372 e. The molecule has 0 atom stereocenters. The Morgan fingerprint density at radius 2 is 1.58 bits per heavy atom. The van der Waals surface area contributed by atoms with Crippen LogP contribution in [0, 0.1) is 13.8 Å². The molecule has 7 heteroatoms. The molecule has 0 bridgehead atoms. The topological polar surface area (TPSA) is 78.5 Å². The average Bonchev–Trinajstić information content (AvgIpc) is 3.34. The van der Waals surface area contributed by atoms with Gasteiger partial charge in [-0.25, -0.2) is 8.42 Å². The first-order valence-electron chi connectivity index (χ1n) is 11.1. The van der Waals surface area contributed by atoms with E-state index in [1.807, 2.05) is 19.1 Å². The number of amides is 1. The quantitative estimate of drug-likeness (QED) is 0.535. The van der Waals surface area contributed by atoms with E-state index in [9.17, 15) is 13.2 Å². The van der Waals surface area contributed by atoms with Crippen LogP contribution in [0.2, 0.25) is 0 Å². The standard InChI is InChI=1S/C26H29N3O3S/c1-19-5-13-24(14-6-19)33(31,32)28-25-17-22(10-7-20(25)2)26(30)27-18-21-8-11-23(12-9-21)29-15-3-4-16-29/h5-14,17,28H,3-4,15-16,18H2,1-2H3,(H,27,30). The maximum Gasteiger partial charge on any atom is 0.261 e. The zero-order chi connectivity index (χ0) is 23.4. The third kappa shape index (κ3) is 5.54. The Labute approximate surface area is 195 Å². The number of benzene rings is 3. The van der Waals surface area contributed by atoms with E-state index in [0.717, 1.165) is 29.8 Å². The van der Waals surface area contributed by atoms with Crippen LogP contribution in [-0.2, 0) is 16.6 Å². The molecule has 0 saturated carbocycles. The molecule has 1 fully saturated rings. The molecule has 1 aliphatic rings. The van der Waals surface area contributed by atoms with Gasteiger partial charge in [0.15, 0.2) is 0 Å². The van der Waals surface area contributed by atoms with Gasteiger partial charge in [-0.2, -0.15) is 0 Å². The van der Waals surface area contributed by atoms with Crippen molar-refractivity contribution in [2.75, 3.05) is 22.7 Å². The van der Waals surface area contributed by atoms with Gasteiger partial charge in [-0.15, -0.1) is 0 Å². The SMILES string of the molecule is Cc1ccc(S(=O)(=O)Nc2cc(C(=O)NCc3ccc(N4CCCC4)cc3)ccc2C)cc1. The summed E-state index contributed by atoms with van der Waals surface area (Å²) in [5.74, 6) is -0.255. The van der Waals surface area contributed by atoms with E-state index in [0.29, 0.717) is 17.8 Å². The fourth-order valence-electron chi connectivity index (χ4n) is 3.88. The Balaban J connectivity index is 1.42. The van der Waals surface area contributed by atoms with Crippen LogP contribution in [-0.4, -0.2) is 27.4 Å². The number of sulfonamides is 1. The van der Waals surface area contributed by atoms with E-state index in [-0.39, 0.29) is 10.8 Å². The van der Waals surface area contributed by atoms with Crippen molar-refractivity contribution in [1.82, 2.24) is 5.32 Å². The molecular formula is C26H29N3O3S.